The number of nitrogens with zero attached hydrogens (tertiary/aromatic N) is 7. The summed E-state index contributed by atoms with van der Waals surface area (Å²) in [6, 6.07) is 5.26. The van der Waals surface area contributed by atoms with Gasteiger partial charge in [0.1, 0.15) is 11.5 Å². The summed E-state index contributed by atoms with van der Waals surface area (Å²) in [5.74, 6) is -0.802. The van der Waals surface area contributed by atoms with Gasteiger partial charge in [-0.3, -0.25) is 24.7 Å². The molecule has 0 bridgehead atoms. The third-order valence-corrected chi connectivity index (χ3v) is 8.78. The van der Waals surface area contributed by atoms with Crippen LogP contribution in [-0.2, 0) is 17.5 Å². The highest BCUT2D eigenvalue weighted by Gasteiger charge is 2.32. The van der Waals surface area contributed by atoms with Crippen molar-refractivity contribution in [1.82, 2.24) is 24.8 Å². The fraction of sp³-hybridized carbons (Fsp3) is 0.448. The van der Waals surface area contributed by atoms with Gasteiger partial charge in [-0.2, -0.15) is 18.4 Å². The fourth-order valence-corrected chi connectivity index (χ4v) is 6.36. The molecule has 1 aromatic carbocycles. The number of anilines is 2. The normalized spacial score (nSPS) is 17.9. The van der Waals surface area contributed by atoms with Gasteiger partial charge >= 0.3 is 12.1 Å². The maximum absolute atomic E-state index is 13.6. The van der Waals surface area contributed by atoms with Crippen molar-refractivity contribution in [3.05, 3.63) is 52.3 Å². The summed E-state index contributed by atoms with van der Waals surface area (Å²) >= 11 is 1.18. The highest BCUT2D eigenvalue weighted by Crippen LogP contribution is 2.38. The van der Waals surface area contributed by atoms with E-state index in [1.165, 1.54) is 29.8 Å². The standard InChI is InChI=1S/C29H31F3N8O3S/c1-18-3-2-5-40(18)17-23-26(20-11-19(14-33)12-21(13-20)29(30,31)32)36-28(44-23)37-27(43)22-15-35-24(16-34-22)39-9-7-38(8-10-39)6-4-25(41)42/h11-13,15-16,18H,2-10,17H2,1H3,(H,41,42)(H,36,37,43)/t18-/m1/s1. The van der Waals surface area contributed by atoms with Crippen molar-refractivity contribution < 1.29 is 27.9 Å². The van der Waals surface area contributed by atoms with E-state index in [0.29, 0.717) is 56.0 Å². The van der Waals surface area contributed by atoms with E-state index >= 15 is 0 Å². The molecule has 3 aromatic rings. The number of piperazine rings is 1. The predicted octanol–water partition coefficient (Wildman–Crippen LogP) is 4.32. The number of aliphatic carboxylic acids is 1. The number of benzene rings is 1. The number of aromatic nitrogens is 3. The second kappa shape index (κ2) is 13.2. The second-order valence-electron chi connectivity index (χ2n) is 10.8. The van der Waals surface area contributed by atoms with Crippen LogP contribution in [0.25, 0.3) is 11.3 Å². The number of amides is 1. The number of thiazole rings is 1. The van der Waals surface area contributed by atoms with E-state index in [1.807, 2.05) is 4.90 Å². The molecule has 15 heteroatoms. The Kier molecular flexibility index (Phi) is 9.42. The Hall–Kier alpha value is -4.13. The molecule has 4 heterocycles. The molecule has 0 radical (unpaired) electrons. The number of nitrogens with one attached hydrogen (secondary N) is 1. The van der Waals surface area contributed by atoms with Gasteiger partial charge in [-0.1, -0.05) is 11.3 Å². The zero-order valence-electron chi connectivity index (χ0n) is 24.0. The minimum Gasteiger partial charge on any atom is -0.481 e. The highest BCUT2D eigenvalue weighted by atomic mass is 32.1. The lowest BCUT2D eigenvalue weighted by atomic mass is 10.0. The number of carbonyl (C=O) groups excluding carboxylic acids is 1. The van der Waals surface area contributed by atoms with E-state index in [4.69, 9.17) is 5.11 Å². The first kappa shape index (κ1) is 31.3. The first-order valence-electron chi connectivity index (χ1n) is 14.2. The molecule has 2 N–H and O–H groups in total. The van der Waals surface area contributed by atoms with Crippen LogP contribution in [0.2, 0.25) is 0 Å². The second-order valence-corrected chi connectivity index (χ2v) is 11.9. The van der Waals surface area contributed by atoms with Crippen LogP contribution in [0.5, 0.6) is 0 Å². The molecule has 11 nitrogen and oxygen atoms in total. The Balaban J connectivity index is 1.33. The maximum Gasteiger partial charge on any atom is 0.416 e. The van der Waals surface area contributed by atoms with Gasteiger partial charge in [0.2, 0.25) is 0 Å². The molecule has 2 aliphatic rings. The molecule has 0 aliphatic carbocycles. The lowest BCUT2D eigenvalue weighted by Gasteiger charge is -2.34. The third-order valence-electron chi connectivity index (χ3n) is 7.83. The van der Waals surface area contributed by atoms with Crippen molar-refractivity contribution in [2.24, 2.45) is 0 Å². The van der Waals surface area contributed by atoms with Crippen LogP contribution in [0.1, 0.15) is 52.7 Å². The number of hydrogen-bond acceptors (Lipinski definition) is 10. The van der Waals surface area contributed by atoms with Crippen LogP contribution in [0.3, 0.4) is 0 Å². The van der Waals surface area contributed by atoms with Crippen LogP contribution in [0, 0.1) is 11.3 Å². The lowest BCUT2D eigenvalue weighted by molar-refractivity contribution is -0.138. The van der Waals surface area contributed by atoms with Gasteiger partial charge < -0.3 is 10.0 Å². The van der Waals surface area contributed by atoms with Crippen molar-refractivity contribution in [3.63, 3.8) is 0 Å². The molecule has 44 heavy (non-hydrogen) atoms. The average molecular weight is 629 g/mol. The van der Waals surface area contributed by atoms with E-state index in [0.717, 1.165) is 31.5 Å². The Morgan fingerprint density at radius 1 is 1.14 bits per heavy atom. The predicted molar refractivity (Wildman–Crippen MR) is 157 cm³/mol. The quantitative estimate of drug-likeness (QED) is 0.352. The topological polar surface area (TPSA) is 139 Å². The van der Waals surface area contributed by atoms with E-state index in [1.54, 1.807) is 6.07 Å². The SMILES string of the molecule is C[C@@H]1CCCN1Cc1sc(NC(=O)c2cnc(N3CCN(CCC(=O)O)CC3)cn2)nc1-c1cc(C#N)cc(C(F)(F)F)c1. The summed E-state index contributed by atoms with van der Waals surface area (Å²) in [4.78, 5) is 44.1. The first-order valence-corrected chi connectivity index (χ1v) is 15.0. The molecule has 5 rings (SSSR count). The molecular weight excluding hydrogens is 597 g/mol. The Bertz CT molecular complexity index is 1550. The number of carbonyl (C=O) groups is 2. The summed E-state index contributed by atoms with van der Waals surface area (Å²) in [5.41, 5.74) is -0.585. The molecule has 2 aromatic heterocycles. The summed E-state index contributed by atoms with van der Waals surface area (Å²) in [7, 11) is 0. The number of halogens is 3. The van der Waals surface area contributed by atoms with Crippen LogP contribution < -0.4 is 10.2 Å². The Morgan fingerprint density at radius 2 is 1.91 bits per heavy atom. The molecular formula is C29H31F3N8O3S. The monoisotopic (exact) mass is 628 g/mol. The average Bonchev–Trinajstić information content (AvgIpc) is 3.60. The van der Waals surface area contributed by atoms with Crippen LogP contribution in [-0.4, -0.2) is 87.0 Å². The number of carboxylic acid groups (broad SMARTS) is 1. The van der Waals surface area contributed by atoms with Gasteiger partial charge in [0, 0.05) is 55.8 Å². The molecule has 232 valence electrons. The van der Waals surface area contributed by atoms with Gasteiger partial charge in [0.25, 0.3) is 5.91 Å². The largest absolute Gasteiger partial charge is 0.481 e. The summed E-state index contributed by atoms with van der Waals surface area (Å²) in [5, 5.41) is 21.2. The zero-order valence-corrected chi connectivity index (χ0v) is 24.8. The van der Waals surface area contributed by atoms with Gasteiger partial charge in [-0.05, 0) is 44.5 Å². The number of rotatable bonds is 9. The molecule has 1 atom stereocenters. The van der Waals surface area contributed by atoms with E-state index < -0.39 is 23.6 Å². The zero-order chi connectivity index (χ0) is 31.4. The van der Waals surface area contributed by atoms with Crippen molar-refractivity contribution in [1.29, 1.82) is 5.26 Å². The van der Waals surface area contributed by atoms with Crippen LogP contribution >= 0.6 is 11.3 Å². The van der Waals surface area contributed by atoms with Crippen molar-refractivity contribution in [3.8, 4) is 17.3 Å². The number of likely N-dealkylation sites (tertiary alicyclic amines) is 1. The Morgan fingerprint density at radius 3 is 2.52 bits per heavy atom. The molecule has 1 amide bonds. The molecule has 0 unspecified atom stereocenters. The van der Waals surface area contributed by atoms with E-state index in [2.05, 4.69) is 37.0 Å². The highest BCUT2D eigenvalue weighted by molar-refractivity contribution is 7.16. The van der Waals surface area contributed by atoms with Gasteiger partial charge in [0.05, 0.1) is 41.7 Å². The summed E-state index contributed by atoms with van der Waals surface area (Å²) in [6.45, 7) is 6.51. The van der Waals surface area contributed by atoms with Crippen LogP contribution in [0.15, 0.2) is 30.6 Å². The smallest absolute Gasteiger partial charge is 0.416 e. The van der Waals surface area contributed by atoms with Gasteiger partial charge in [0.15, 0.2) is 5.13 Å². The van der Waals surface area contributed by atoms with Gasteiger partial charge in [-0.25, -0.2) is 15.0 Å². The minimum atomic E-state index is -4.64. The third kappa shape index (κ3) is 7.50. The molecule has 0 spiro atoms. The van der Waals surface area contributed by atoms with Crippen molar-refractivity contribution >= 4 is 34.2 Å². The fourth-order valence-electron chi connectivity index (χ4n) is 5.36. The maximum atomic E-state index is 13.6. The van der Waals surface area contributed by atoms with E-state index in [9.17, 15) is 28.0 Å². The summed E-state index contributed by atoms with van der Waals surface area (Å²) < 4.78 is 40.9. The number of hydrogen-bond donors (Lipinski definition) is 2. The molecule has 2 fully saturated rings. The first-order chi connectivity index (χ1) is 21.0. The molecule has 0 saturated carbocycles. The summed E-state index contributed by atoms with van der Waals surface area (Å²) in [6.07, 6.45) is 0.322. The van der Waals surface area contributed by atoms with Crippen LogP contribution in [0.4, 0.5) is 24.1 Å². The minimum absolute atomic E-state index is 0.0474. The number of alkyl halides is 3. The van der Waals surface area contributed by atoms with Crippen molar-refractivity contribution in [2.75, 3.05) is 49.5 Å². The number of nitriles is 1. The van der Waals surface area contributed by atoms with Crippen molar-refractivity contribution in [2.45, 2.75) is 44.9 Å². The lowest BCUT2D eigenvalue weighted by Crippen LogP contribution is -2.47. The van der Waals surface area contributed by atoms with Gasteiger partial charge in [-0.15, -0.1) is 0 Å². The molecule has 2 saturated heterocycles. The molecule has 2 aliphatic heterocycles. The Labute approximate surface area is 256 Å². The number of carboxylic acids is 1. The van der Waals surface area contributed by atoms with E-state index in [-0.39, 0.29) is 34.1 Å².